The third-order valence-electron chi connectivity index (χ3n) is 4.52. The average molecular weight is 360 g/mol. The van der Waals surface area contributed by atoms with Gasteiger partial charge in [0.2, 0.25) is 0 Å². The normalized spacial score (nSPS) is 12.4. The number of amides is 1. The molecule has 0 aromatic heterocycles. The fraction of sp³-hybridized carbons (Fsp3) is 0.950. The molecule has 1 amide bonds. The van der Waals surface area contributed by atoms with E-state index in [2.05, 4.69) is 6.92 Å². The van der Waals surface area contributed by atoms with Crippen molar-refractivity contribution >= 4 is 17.7 Å². The van der Waals surface area contributed by atoms with Crippen LogP contribution in [0.5, 0.6) is 0 Å². The highest BCUT2D eigenvalue weighted by atomic mass is 32.2. The van der Waals surface area contributed by atoms with Gasteiger partial charge in [0.15, 0.2) is 5.44 Å². The van der Waals surface area contributed by atoms with Gasteiger partial charge in [0, 0.05) is 0 Å². The summed E-state index contributed by atoms with van der Waals surface area (Å²) in [6.07, 6.45) is 21.7. The van der Waals surface area contributed by atoms with Crippen LogP contribution in [-0.2, 0) is 4.79 Å². The first-order valence-electron chi connectivity index (χ1n) is 10.3. The maximum atomic E-state index is 10.7. The summed E-state index contributed by atoms with van der Waals surface area (Å²) in [5.74, 6) is 0.194. The first-order chi connectivity index (χ1) is 11.7. The first kappa shape index (κ1) is 23.8. The van der Waals surface area contributed by atoms with Gasteiger partial charge >= 0.3 is 0 Å². The number of aliphatic hydroxyl groups excluding tert-OH is 1. The lowest BCUT2D eigenvalue weighted by Gasteiger charge is -2.06. The van der Waals surface area contributed by atoms with E-state index in [0.29, 0.717) is 0 Å². The molecule has 24 heavy (non-hydrogen) atoms. The zero-order valence-electron chi connectivity index (χ0n) is 15.9. The van der Waals surface area contributed by atoms with Gasteiger partial charge in [-0.15, -0.1) is 11.8 Å². The highest BCUT2D eigenvalue weighted by molar-refractivity contribution is 8.00. The maximum absolute atomic E-state index is 10.7. The summed E-state index contributed by atoms with van der Waals surface area (Å²) in [6, 6.07) is 0. The number of carbonyl (C=O) groups excluding carboxylic acids is 1. The van der Waals surface area contributed by atoms with Crippen molar-refractivity contribution in [2.24, 2.45) is 5.73 Å². The molecule has 0 heterocycles. The molecule has 144 valence electrons. The van der Waals surface area contributed by atoms with E-state index < -0.39 is 11.3 Å². The van der Waals surface area contributed by atoms with Crippen molar-refractivity contribution in [1.82, 2.24) is 0 Å². The van der Waals surface area contributed by atoms with Crippen molar-refractivity contribution in [1.29, 1.82) is 0 Å². The first-order valence-corrected chi connectivity index (χ1v) is 11.3. The van der Waals surface area contributed by atoms with Crippen LogP contribution in [0, 0.1) is 0 Å². The predicted octanol–water partition coefficient (Wildman–Crippen LogP) is 5.78. The van der Waals surface area contributed by atoms with E-state index >= 15 is 0 Å². The molecular formula is C20H41NO2S. The predicted molar refractivity (Wildman–Crippen MR) is 107 cm³/mol. The number of thioether (sulfide) groups is 1. The largest absolute Gasteiger partial charge is 0.373 e. The molecule has 3 N–H and O–H groups in total. The molecule has 0 bridgehead atoms. The van der Waals surface area contributed by atoms with Gasteiger partial charge in [-0.3, -0.25) is 4.79 Å². The Bertz CT molecular complexity index is 274. The van der Waals surface area contributed by atoms with Crippen molar-refractivity contribution in [3.63, 3.8) is 0 Å². The number of nitrogens with two attached hydrogens (primary N) is 1. The minimum atomic E-state index is -1.03. The molecule has 0 fully saturated rings. The number of rotatable bonds is 19. The maximum Gasteiger partial charge on any atom is 0.256 e. The Labute approximate surface area is 154 Å². The van der Waals surface area contributed by atoms with E-state index in [4.69, 9.17) is 5.73 Å². The third kappa shape index (κ3) is 18.1. The number of carbonyl (C=O) groups is 1. The van der Waals surface area contributed by atoms with Gasteiger partial charge in [0.1, 0.15) is 0 Å². The van der Waals surface area contributed by atoms with E-state index in [1.807, 2.05) is 0 Å². The summed E-state index contributed by atoms with van der Waals surface area (Å²) < 4.78 is 0. The number of primary amides is 1. The number of unbranched alkanes of at least 4 members (excludes halogenated alkanes) is 15. The molecule has 0 aliphatic heterocycles. The fourth-order valence-electron chi connectivity index (χ4n) is 2.93. The third-order valence-corrected chi connectivity index (χ3v) is 5.59. The van der Waals surface area contributed by atoms with Crippen LogP contribution < -0.4 is 5.73 Å². The van der Waals surface area contributed by atoms with E-state index in [1.54, 1.807) is 0 Å². The second-order valence-corrected chi connectivity index (χ2v) is 8.12. The Balaban J connectivity index is 3.04. The number of hydrogen-bond acceptors (Lipinski definition) is 3. The molecule has 0 saturated carbocycles. The zero-order valence-corrected chi connectivity index (χ0v) is 16.8. The Morgan fingerprint density at radius 1 is 0.750 bits per heavy atom. The molecule has 0 spiro atoms. The van der Waals surface area contributed by atoms with E-state index in [1.165, 1.54) is 108 Å². The van der Waals surface area contributed by atoms with E-state index in [9.17, 15) is 9.90 Å². The molecule has 0 aromatic carbocycles. The summed E-state index contributed by atoms with van der Waals surface area (Å²) in [4.78, 5) is 10.7. The molecule has 0 rings (SSSR count). The summed E-state index contributed by atoms with van der Waals surface area (Å²) in [7, 11) is 0. The highest BCUT2D eigenvalue weighted by Crippen LogP contribution is 2.15. The Kier molecular flexibility index (Phi) is 18.9. The zero-order chi connectivity index (χ0) is 17.9. The number of hydrogen-bond donors (Lipinski definition) is 2. The van der Waals surface area contributed by atoms with Crippen molar-refractivity contribution in [3.8, 4) is 0 Å². The molecule has 0 aliphatic rings. The van der Waals surface area contributed by atoms with Crippen LogP contribution in [0.4, 0.5) is 0 Å². The topological polar surface area (TPSA) is 63.3 Å². The number of aliphatic hydroxyl groups is 1. The van der Waals surface area contributed by atoms with Gasteiger partial charge < -0.3 is 10.8 Å². The minimum absolute atomic E-state index is 0.628. The van der Waals surface area contributed by atoms with Crippen molar-refractivity contribution in [2.75, 3.05) is 5.75 Å². The van der Waals surface area contributed by atoms with Crippen LogP contribution in [0.2, 0.25) is 0 Å². The minimum Gasteiger partial charge on any atom is -0.373 e. The molecule has 0 saturated heterocycles. The molecule has 1 atom stereocenters. The van der Waals surface area contributed by atoms with Gasteiger partial charge in [-0.25, -0.2) is 0 Å². The molecule has 0 radical (unpaired) electrons. The van der Waals surface area contributed by atoms with Gasteiger partial charge in [0.25, 0.3) is 5.91 Å². The molecule has 3 nitrogen and oxygen atoms in total. The Hall–Kier alpha value is -0.220. The van der Waals surface area contributed by atoms with Gasteiger partial charge in [0.05, 0.1) is 0 Å². The molecule has 0 aliphatic carbocycles. The lowest BCUT2D eigenvalue weighted by molar-refractivity contribution is -0.122. The SMILES string of the molecule is CCCCCCCCCCCCCCCCCCSC(O)C(N)=O. The molecule has 4 heteroatoms. The van der Waals surface area contributed by atoms with Gasteiger partial charge in [-0.2, -0.15) is 0 Å². The van der Waals surface area contributed by atoms with Gasteiger partial charge in [-0.05, 0) is 12.2 Å². The Morgan fingerprint density at radius 2 is 1.08 bits per heavy atom. The summed E-state index contributed by atoms with van der Waals surface area (Å²) >= 11 is 1.25. The van der Waals surface area contributed by atoms with Crippen LogP contribution in [0.3, 0.4) is 0 Å². The van der Waals surface area contributed by atoms with Crippen LogP contribution in [0.1, 0.15) is 110 Å². The van der Waals surface area contributed by atoms with Crippen LogP contribution in [0.25, 0.3) is 0 Å². The molecule has 0 aromatic rings. The fourth-order valence-corrected chi connectivity index (χ4v) is 3.69. The van der Waals surface area contributed by atoms with Crippen LogP contribution in [0.15, 0.2) is 0 Å². The van der Waals surface area contributed by atoms with Crippen molar-refractivity contribution in [2.45, 2.75) is 115 Å². The molecule has 1 unspecified atom stereocenters. The van der Waals surface area contributed by atoms with Gasteiger partial charge in [-0.1, -0.05) is 103 Å². The monoisotopic (exact) mass is 359 g/mol. The molecular weight excluding hydrogens is 318 g/mol. The smallest absolute Gasteiger partial charge is 0.256 e. The quantitative estimate of drug-likeness (QED) is 0.227. The van der Waals surface area contributed by atoms with Crippen molar-refractivity contribution in [3.05, 3.63) is 0 Å². The second-order valence-electron chi connectivity index (χ2n) is 6.93. The van der Waals surface area contributed by atoms with E-state index in [-0.39, 0.29) is 0 Å². The van der Waals surface area contributed by atoms with Crippen molar-refractivity contribution < 1.29 is 9.90 Å². The Morgan fingerprint density at radius 3 is 1.42 bits per heavy atom. The van der Waals surface area contributed by atoms with Crippen LogP contribution >= 0.6 is 11.8 Å². The highest BCUT2D eigenvalue weighted by Gasteiger charge is 2.09. The summed E-state index contributed by atoms with van der Waals surface area (Å²) in [5.41, 5.74) is 3.97. The second kappa shape index (κ2) is 19.1. The van der Waals surface area contributed by atoms with E-state index in [0.717, 1.165) is 12.2 Å². The van der Waals surface area contributed by atoms with Crippen LogP contribution in [-0.4, -0.2) is 22.2 Å². The summed E-state index contributed by atoms with van der Waals surface area (Å²) in [6.45, 7) is 2.27. The standard InChI is InChI=1S/C20H41NO2S/c1-2-3-4-5-6-7-8-9-10-11-12-13-14-15-16-17-18-24-20(23)19(21)22/h20,23H,2-18H2,1H3,(H2,21,22). The summed E-state index contributed by atoms with van der Waals surface area (Å²) in [5, 5.41) is 9.24. The lowest BCUT2D eigenvalue weighted by Crippen LogP contribution is -2.25. The lowest BCUT2D eigenvalue weighted by atomic mass is 10.0. The average Bonchev–Trinajstić information content (AvgIpc) is 2.57.